The van der Waals surface area contributed by atoms with E-state index in [2.05, 4.69) is 218 Å². The fraction of sp³-hybridized carbons (Fsp3) is 0. The van der Waals surface area contributed by atoms with Crippen molar-refractivity contribution in [2.45, 2.75) is 0 Å². The molecule has 366 valence electrons. The maximum absolute atomic E-state index is 5.19. The van der Waals surface area contributed by atoms with Gasteiger partial charge in [-0.1, -0.05) is 249 Å². The Morgan fingerprint density at radius 1 is 0.115 bits per heavy atom. The molecule has 0 aliphatic carbocycles. The summed E-state index contributed by atoms with van der Waals surface area (Å²) in [5.74, 6) is 3.72. The van der Waals surface area contributed by atoms with E-state index in [-0.39, 0.29) is 0 Å². The Morgan fingerprint density at radius 3 is 0.474 bits per heavy atom. The maximum atomic E-state index is 5.19. The lowest BCUT2D eigenvalue weighted by Gasteiger charge is -2.12. The minimum Gasteiger partial charge on any atom is -0.208 e. The molecule has 0 unspecified atom stereocenters. The zero-order valence-corrected chi connectivity index (χ0v) is 42.4. The van der Waals surface area contributed by atoms with Crippen LogP contribution in [0, 0.1) is 0 Å². The number of hydrogen-bond donors (Lipinski definition) is 0. The molecule has 0 bridgehead atoms. The van der Waals surface area contributed by atoms with Crippen molar-refractivity contribution >= 4 is 0 Å². The monoisotopic (exact) mass is 996 g/mol. The molecule has 6 nitrogen and oxygen atoms in total. The molecule has 0 spiro atoms. The van der Waals surface area contributed by atoms with Gasteiger partial charge < -0.3 is 0 Å². The van der Waals surface area contributed by atoms with E-state index in [1.165, 1.54) is 0 Å². The lowest BCUT2D eigenvalue weighted by molar-refractivity contribution is 1.07. The minimum atomic E-state index is 0.602. The summed E-state index contributed by atoms with van der Waals surface area (Å²) in [5.41, 5.74) is 18.8. The lowest BCUT2D eigenvalue weighted by Crippen LogP contribution is -2.00. The van der Waals surface area contributed by atoms with Crippen molar-refractivity contribution in [1.82, 2.24) is 29.9 Å². The van der Waals surface area contributed by atoms with Crippen molar-refractivity contribution in [3.63, 3.8) is 0 Å². The van der Waals surface area contributed by atoms with Crippen molar-refractivity contribution in [3.05, 3.63) is 291 Å². The van der Waals surface area contributed by atoms with E-state index in [9.17, 15) is 0 Å². The van der Waals surface area contributed by atoms with Crippen LogP contribution in [0.15, 0.2) is 291 Å². The summed E-state index contributed by atoms with van der Waals surface area (Å²) in [6.45, 7) is 0. The van der Waals surface area contributed by atoms with Crippen molar-refractivity contribution in [2.75, 3.05) is 0 Å². The number of nitrogens with zero attached hydrogens (tertiary/aromatic N) is 6. The highest BCUT2D eigenvalue weighted by atomic mass is 15.0. The van der Waals surface area contributed by atoms with Crippen molar-refractivity contribution in [2.24, 2.45) is 0 Å². The first-order chi connectivity index (χ1) is 38.6. The van der Waals surface area contributed by atoms with Crippen LogP contribution in [0.25, 0.3) is 135 Å². The molecule has 0 aliphatic rings. The summed E-state index contributed by atoms with van der Waals surface area (Å²) in [4.78, 5) is 30.4. The minimum absolute atomic E-state index is 0.602. The van der Waals surface area contributed by atoms with Crippen LogP contribution in [0.5, 0.6) is 0 Å². The Labute approximate surface area is 453 Å². The molecular weight excluding hydrogens is 949 g/mol. The summed E-state index contributed by atoms with van der Waals surface area (Å²) in [7, 11) is 0. The van der Waals surface area contributed by atoms with Crippen LogP contribution >= 0.6 is 0 Å². The van der Waals surface area contributed by atoms with Gasteiger partial charge in [0, 0.05) is 33.4 Å². The van der Waals surface area contributed by atoms with Gasteiger partial charge in [0.05, 0.1) is 0 Å². The average molecular weight is 997 g/mol. The summed E-state index contributed by atoms with van der Waals surface area (Å²) in [5, 5.41) is 0. The summed E-state index contributed by atoms with van der Waals surface area (Å²) >= 11 is 0. The van der Waals surface area contributed by atoms with E-state index in [1.807, 2.05) is 72.8 Å². The van der Waals surface area contributed by atoms with Gasteiger partial charge in [0.15, 0.2) is 34.9 Å². The van der Waals surface area contributed by atoms with Crippen LogP contribution in [0.1, 0.15) is 0 Å². The first kappa shape index (κ1) is 47.2. The van der Waals surface area contributed by atoms with E-state index in [1.54, 1.807) is 0 Å². The van der Waals surface area contributed by atoms with Crippen LogP contribution in [0.2, 0.25) is 0 Å². The Balaban J connectivity index is 0.811. The Hall–Kier alpha value is -10.6. The summed E-state index contributed by atoms with van der Waals surface area (Å²) in [6.07, 6.45) is 0. The van der Waals surface area contributed by atoms with E-state index >= 15 is 0 Å². The summed E-state index contributed by atoms with van der Waals surface area (Å²) in [6, 6.07) is 101. The SMILES string of the molecule is c1ccc(-c2cccc(-c3nc(-c4cccc(-c5ccccc5)c4)nc(-c4cccc(-c5cccc(-c6cccc(-c7cccc(-c8cccc(-c9nc(-c%10ccccc%10)nc(-c%10ccccc%10)n9)c8)c7)c6)c5)c4)n3)c2)cc1. The molecule has 6 heteroatoms. The van der Waals surface area contributed by atoms with Crippen LogP contribution in [-0.4, -0.2) is 29.9 Å². The predicted molar refractivity (Wildman–Crippen MR) is 318 cm³/mol. The predicted octanol–water partition coefficient (Wildman–Crippen LogP) is 18.1. The lowest BCUT2D eigenvalue weighted by atomic mass is 9.94. The van der Waals surface area contributed by atoms with Gasteiger partial charge in [-0.2, -0.15) is 0 Å². The quantitative estimate of drug-likeness (QED) is 0.121. The van der Waals surface area contributed by atoms with Crippen molar-refractivity contribution in [3.8, 4) is 135 Å². The second-order valence-electron chi connectivity index (χ2n) is 19.1. The van der Waals surface area contributed by atoms with Gasteiger partial charge in [-0.25, -0.2) is 29.9 Å². The highest BCUT2D eigenvalue weighted by Crippen LogP contribution is 2.36. The van der Waals surface area contributed by atoms with Crippen LogP contribution in [0.4, 0.5) is 0 Å². The molecule has 0 fully saturated rings. The zero-order valence-electron chi connectivity index (χ0n) is 42.4. The van der Waals surface area contributed by atoms with Gasteiger partial charge >= 0.3 is 0 Å². The second kappa shape index (κ2) is 21.4. The van der Waals surface area contributed by atoms with E-state index in [0.29, 0.717) is 34.9 Å². The molecule has 2 aromatic heterocycles. The topological polar surface area (TPSA) is 77.3 Å². The highest BCUT2D eigenvalue weighted by Gasteiger charge is 2.17. The van der Waals surface area contributed by atoms with Gasteiger partial charge in [-0.3, -0.25) is 0 Å². The Bertz CT molecular complexity index is 4100. The van der Waals surface area contributed by atoms with E-state index < -0.39 is 0 Å². The first-order valence-electron chi connectivity index (χ1n) is 26.1. The molecule has 0 atom stereocenters. The van der Waals surface area contributed by atoms with Crippen LogP contribution in [-0.2, 0) is 0 Å². The molecule has 0 saturated heterocycles. The number of benzene rings is 11. The largest absolute Gasteiger partial charge is 0.208 e. The molecule has 78 heavy (non-hydrogen) atoms. The molecule has 0 aliphatic heterocycles. The van der Waals surface area contributed by atoms with Crippen LogP contribution < -0.4 is 0 Å². The summed E-state index contributed by atoms with van der Waals surface area (Å²) < 4.78 is 0. The smallest absolute Gasteiger partial charge is 0.164 e. The molecule has 2 heterocycles. The second-order valence-corrected chi connectivity index (χ2v) is 19.1. The molecule has 0 radical (unpaired) electrons. The van der Waals surface area contributed by atoms with Gasteiger partial charge in [0.2, 0.25) is 0 Å². The van der Waals surface area contributed by atoms with Gasteiger partial charge in [0.1, 0.15) is 0 Å². The third kappa shape index (κ3) is 10.2. The third-order valence-electron chi connectivity index (χ3n) is 14.0. The van der Waals surface area contributed by atoms with Gasteiger partial charge in [-0.15, -0.1) is 0 Å². The molecule has 0 amide bonds. The molecule has 13 aromatic rings. The standard InChI is InChI=1S/C72H48N6/c1-5-20-49(21-6-1)53-28-16-38-63(45-53)70-76-71(64-39-17-29-54(46-64)50-22-7-2-8-23-50)78-72(77-70)66-41-19-37-62(48-66)60-35-15-33-58(44-60)56-31-13-30-55(42-56)57-32-14-34-59(43-57)61-36-18-40-65(47-61)69-74-67(51-24-9-3-10-25-51)73-68(75-69)52-26-11-4-12-27-52/h1-48H. The number of aromatic nitrogens is 6. The average Bonchev–Trinajstić information content (AvgIpc) is 3.59. The number of rotatable bonds is 12. The maximum Gasteiger partial charge on any atom is 0.164 e. The molecule has 0 N–H and O–H groups in total. The zero-order chi connectivity index (χ0) is 52.0. The highest BCUT2D eigenvalue weighted by molar-refractivity contribution is 5.82. The Kier molecular flexibility index (Phi) is 12.9. The van der Waals surface area contributed by atoms with Crippen molar-refractivity contribution < 1.29 is 0 Å². The normalized spacial score (nSPS) is 11.1. The number of hydrogen-bond acceptors (Lipinski definition) is 6. The van der Waals surface area contributed by atoms with E-state index in [0.717, 1.165) is 100 Å². The van der Waals surface area contributed by atoms with Gasteiger partial charge in [0.25, 0.3) is 0 Å². The fourth-order valence-corrected chi connectivity index (χ4v) is 9.95. The third-order valence-corrected chi connectivity index (χ3v) is 14.0. The molecule has 11 aromatic carbocycles. The van der Waals surface area contributed by atoms with E-state index in [4.69, 9.17) is 29.9 Å². The van der Waals surface area contributed by atoms with Gasteiger partial charge in [-0.05, 0) is 109 Å². The fourth-order valence-electron chi connectivity index (χ4n) is 9.95. The molecule has 13 rings (SSSR count). The van der Waals surface area contributed by atoms with Crippen molar-refractivity contribution in [1.29, 1.82) is 0 Å². The first-order valence-corrected chi connectivity index (χ1v) is 26.1. The molecular formula is C72H48N6. The van der Waals surface area contributed by atoms with Crippen LogP contribution in [0.3, 0.4) is 0 Å². The molecule has 0 saturated carbocycles. The Morgan fingerprint density at radius 2 is 0.256 bits per heavy atom.